The zero-order valence-corrected chi connectivity index (χ0v) is 17.7. The molecule has 27 heavy (non-hydrogen) atoms. The average Bonchev–Trinajstić information content (AvgIpc) is 3.10. The number of hydrogen-bond donors (Lipinski definition) is 1. The number of benzene rings is 1. The van der Waals surface area contributed by atoms with E-state index >= 15 is 0 Å². The van der Waals surface area contributed by atoms with Crippen LogP contribution in [0.4, 0.5) is 0 Å². The first-order valence-electron chi connectivity index (χ1n) is 9.81. The average molecular weight is 437 g/mol. The summed E-state index contributed by atoms with van der Waals surface area (Å²) >= 11 is 0. The number of piperidine rings is 1. The van der Waals surface area contributed by atoms with E-state index in [2.05, 4.69) is 12.0 Å². The molecule has 6 heteroatoms. The van der Waals surface area contributed by atoms with Crippen molar-refractivity contribution in [2.24, 2.45) is 0 Å². The van der Waals surface area contributed by atoms with Gasteiger partial charge in [-0.15, -0.1) is 0 Å². The molecule has 1 aromatic carbocycles. The number of nitrogens with zero attached hydrogens (tertiary/aromatic N) is 1. The van der Waals surface area contributed by atoms with Crippen LogP contribution in [0.15, 0.2) is 30.5 Å². The Kier molecular flexibility index (Phi) is 6.28. The molecule has 0 saturated carbocycles. The van der Waals surface area contributed by atoms with Gasteiger partial charge in [0.1, 0.15) is 12.6 Å². The van der Waals surface area contributed by atoms with E-state index in [1.165, 1.54) is 12.8 Å². The molecule has 148 valence electrons. The molecule has 2 bridgehead atoms. The van der Waals surface area contributed by atoms with E-state index in [4.69, 9.17) is 9.47 Å². The van der Waals surface area contributed by atoms with Crippen LogP contribution in [0.1, 0.15) is 43.0 Å². The Bertz CT molecular complexity index is 777. The fourth-order valence-electron chi connectivity index (χ4n) is 5.02. The van der Waals surface area contributed by atoms with Gasteiger partial charge in [-0.25, -0.2) is 4.79 Å². The summed E-state index contributed by atoms with van der Waals surface area (Å²) in [6, 6.07) is 9.02. The van der Waals surface area contributed by atoms with Gasteiger partial charge in [0, 0.05) is 49.4 Å². The van der Waals surface area contributed by atoms with Crippen LogP contribution in [0.2, 0.25) is 0 Å². The maximum atomic E-state index is 12.7. The van der Waals surface area contributed by atoms with E-state index in [0.29, 0.717) is 17.6 Å². The molecule has 1 N–H and O–H groups in total. The van der Waals surface area contributed by atoms with Gasteiger partial charge in [-0.05, 0) is 13.0 Å². The number of esters is 1. The van der Waals surface area contributed by atoms with Gasteiger partial charge >= 0.3 is 5.97 Å². The summed E-state index contributed by atoms with van der Waals surface area (Å²) in [5.74, 6) is -0.197. The lowest BCUT2D eigenvalue weighted by atomic mass is 9.96. The third-order valence-corrected chi connectivity index (χ3v) is 6.58. The predicted molar refractivity (Wildman–Crippen MR) is 101 cm³/mol. The van der Waals surface area contributed by atoms with Crippen LogP contribution >= 0.6 is 0 Å². The number of likely N-dealkylation sites (N-methyl/N-ethyl adjacent to an activating group) is 1. The smallest absolute Gasteiger partial charge is 0.340 e. The number of ether oxygens (including phenoxy) is 2. The van der Waals surface area contributed by atoms with Crippen molar-refractivity contribution in [1.82, 2.24) is 4.98 Å². The molecule has 2 fully saturated rings. The molecule has 2 aliphatic heterocycles. The second-order valence-corrected chi connectivity index (χ2v) is 7.90. The number of carbonyl (C=O) groups excluding carboxylic acids is 1. The van der Waals surface area contributed by atoms with Crippen molar-refractivity contribution in [3.8, 4) is 0 Å². The SMILES string of the molecule is CCOCC[N+]1(C)C2CCC1CC(OC(=O)c1c[nH]c3ccccc13)C2.[Br-]. The van der Waals surface area contributed by atoms with Crippen LogP contribution < -0.4 is 17.0 Å². The number of aromatic amines is 1. The number of nitrogens with one attached hydrogen (secondary N) is 1. The Morgan fingerprint density at radius 1 is 1.22 bits per heavy atom. The highest BCUT2D eigenvalue weighted by Gasteiger charge is 2.52. The van der Waals surface area contributed by atoms with E-state index in [1.807, 2.05) is 31.2 Å². The molecule has 0 radical (unpaired) electrons. The van der Waals surface area contributed by atoms with Crippen LogP contribution in [-0.2, 0) is 9.47 Å². The van der Waals surface area contributed by atoms with Gasteiger partial charge in [0.2, 0.25) is 0 Å². The van der Waals surface area contributed by atoms with Crippen molar-refractivity contribution in [3.63, 3.8) is 0 Å². The van der Waals surface area contributed by atoms with Crippen molar-refractivity contribution >= 4 is 16.9 Å². The standard InChI is InChI=1S/C21H28N2O3.BrH/c1-3-25-11-10-23(2)15-8-9-16(23)13-17(12-15)26-21(24)19-14-22-20-7-5-4-6-18(19)20;/h4-7,14-17H,3,8-13H2,1-2H3;1H. The third kappa shape index (κ3) is 3.80. The van der Waals surface area contributed by atoms with Gasteiger partial charge in [-0.3, -0.25) is 0 Å². The summed E-state index contributed by atoms with van der Waals surface area (Å²) in [6.07, 6.45) is 6.20. The minimum atomic E-state index is -0.197. The number of hydrogen-bond acceptors (Lipinski definition) is 3. The van der Waals surface area contributed by atoms with Crippen LogP contribution in [0.5, 0.6) is 0 Å². The summed E-state index contributed by atoms with van der Waals surface area (Å²) in [4.78, 5) is 15.9. The van der Waals surface area contributed by atoms with Gasteiger partial charge in [-0.1, -0.05) is 18.2 Å². The van der Waals surface area contributed by atoms with Crippen LogP contribution in [0, 0.1) is 0 Å². The summed E-state index contributed by atoms with van der Waals surface area (Å²) < 4.78 is 12.6. The number of H-pyrrole nitrogens is 1. The summed E-state index contributed by atoms with van der Waals surface area (Å²) in [5, 5.41) is 0.939. The molecule has 0 amide bonds. The number of fused-ring (bicyclic) bond motifs is 3. The van der Waals surface area contributed by atoms with Gasteiger partial charge in [0.15, 0.2) is 0 Å². The minimum Gasteiger partial charge on any atom is -1.00 e. The molecule has 1 aromatic heterocycles. The quantitative estimate of drug-likeness (QED) is 0.407. The van der Waals surface area contributed by atoms with Crippen molar-refractivity contribution in [2.45, 2.75) is 50.8 Å². The molecule has 2 aromatic rings. The topological polar surface area (TPSA) is 51.3 Å². The van der Waals surface area contributed by atoms with Crippen molar-refractivity contribution in [1.29, 1.82) is 0 Å². The number of carbonyl (C=O) groups is 1. The van der Waals surface area contributed by atoms with E-state index in [-0.39, 0.29) is 29.1 Å². The molecule has 2 saturated heterocycles. The third-order valence-electron chi connectivity index (χ3n) is 6.58. The summed E-state index contributed by atoms with van der Waals surface area (Å²) in [6.45, 7) is 4.71. The van der Waals surface area contributed by atoms with Gasteiger partial charge in [0.25, 0.3) is 0 Å². The number of para-hydroxylation sites is 1. The Labute approximate surface area is 171 Å². The molecule has 2 unspecified atom stereocenters. The minimum absolute atomic E-state index is 0. The number of rotatable bonds is 6. The van der Waals surface area contributed by atoms with E-state index in [0.717, 1.165) is 48.0 Å². The number of halogens is 1. The highest BCUT2D eigenvalue weighted by Crippen LogP contribution is 2.42. The predicted octanol–water partition coefficient (Wildman–Crippen LogP) is 0.505. The van der Waals surface area contributed by atoms with E-state index in [9.17, 15) is 4.79 Å². The molecule has 4 rings (SSSR count). The van der Waals surface area contributed by atoms with Gasteiger partial charge in [-0.2, -0.15) is 0 Å². The molecule has 2 atom stereocenters. The lowest BCUT2D eigenvalue weighted by molar-refractivity contribution is -0.949. The highest BCUT2D eigenvalue weighted by molar-refractivity contribution is 6.04. The molecule has 2 aliphatic rings. The summed E-state index contributed by atoms with van der Waals surface area (Å²) in [7, 11) is 2.36. The largest absolute Gasteiger partial charge is 1.00 e. The summed E-state index contributed by atoms with van der Waals surface area (Å²) in [5.41, 5.74) is 1.62. The number of quaternary nitrogens is 1. The Balaban J connectivity index is 0.00000210. The lowest BCUT2D eigenvalue weighted by Crippen LogP contribution is -3.00. The first-order chi connectivity index (χ1) is 12.6. The fraction of sp³-hybridized carbons (Fsp3) is 0.571. The fourth-order valence-corrected chi connectivity index (χ4v) is 5.02. The van der Waals surface area contributed by atoms with Crippen molar-refractivity contribution < 1.29 is 35.7 Å². The zero-order chi connectivity index (χ0) is 18.1. The molecule has 3 heterocycles. The first kappa shape index (κ1) is 20.4. The second kappa shape index (κ2) is 8.33. The monoisotopic (exact) mass is 436 g/mol. The van der Waals surface area contributed by atoms with Crippen LogP contribution in [-0.4, -0.2) is 60.4 Å². The van der Waals surface area contributed by atoms with Gasteiger partial charge < -0.3 is 35.9 Å². The Hall–Kier alpha value is -1.37. The van der Waals surface area contributed by atoms with Crippen molar-refractivity contribution in [2.75, 3.05) is 26.8 Å². The highest BCUT2D eigenvalue weighted by atomic mass is 79.9. The Morgan fingerprint density at radius 2 is 1.93 bits per heavy atom. The van der Waals surface area contributed by atoms with Gasteiger partial charge in [0.05, 0.1) is 31.3 Å². The molecular formula is C21H29BrN2O3. The normalized spacial score (nSPS) is 29.5. The Morgan fingerprint density at radius 3 is 2.63 bits per heavy atom. The molecule has 0 spiro atoms. The van der Waals surface area contributed by atoms with E-state index in [1.54, 1.807) is 6.20 Å². The maximum absolute atomic E-state index is 12.7. The molecular weight excluding hydrogens is 408 g/mol. The maximum Gasteiger partial charge on any atom is 0.340 e. The number of aromatic nitrogens is 1. The second-order valence-electron chi connectivity index (χ2n) is 7.90. The lowest BCUT2D eigenvalue weighted by Gasteiger charge is -2.46. The van der Waals surface area contributed by atoms with E-state index < -0.39 is 0 Å². The molecule has 0 aliphatic carbocycles. The van der Waals surface area contributed by atoms with Crippen LogP contribution in [0.25, 0.3) is 10.9 Å². The van der Waals surface area contributed by atoms with Crippen LogP contribution in [0.3, 0.4) is 0 Å². The first-order valence-corrected chi connectivity index (χ1v) is 9.81. The van der Waals surface area contributed by atoms with Crippen molar-refractivity contribution in [3.05, 3.63) is 36.0 Å². The zero-order valence-electron chi connectivity index (χ0n) is 16.1. The molecule has 5 nitrogen and oxygen atoms in total.